The van der Waals surface area contributed by atoms with Crippen LogP contribution in [0.3, 0.4) is 0 Å². The second kappa shape index (κ2) is 9.52. The van der Waals surface area contributed by atoms with Gasteiger partial charge in [0.1, 0.15) is 5.75 Å². The van der Waals surface area contributed by atoms with Crippen molar-refractivity contribution in [2.24, 2.45) is 0 Å². The number of nitrogens with zero attached hydrogens (tertiary/aromatic N) is 1. The lowest BCUT2D eigenvalue weighted by Crippen LogP contribution is -2.67. The first-order valence-corrected chi connectivity index (χ1v) is 8.68. The molecule has 3 rings (SSSR count). The summed E-state index contributed by atoms with van der Waals surface area (Å²) >= 11 is 0. The van der Waals surface area contributed by atoms with E-state index in [4.69, 9.17) is 0 Å². The Labute approximate surface area is 169 Å². The smallest absolute Gasteiger partial charge is 0.387 e. The van der Waals surface area contributed by atoms with Crippen LogP contribution in [-0.4, -0.2) is 30.8 Å². The Morgan fingerprint density at radius 1 is 1.11 bits per heavy atom. The summed E-state index contributed by atoms with van der Waals surface area (Å²) in [4.78, 5) is 2.15. The number of piperazine rings is 1. The van der Waals surface area contributed by atoms with Crippen molar-refractivity contribution < 1.29 is 22.3 Å². The van der Waals surface area contributed by atoms with Gasteiger partial charge < -0.3 is 15.0 Å². The third-order valence-corrected chi connectivity index (χ3v) is 5.05. The third kappa shape index (κ3) is 5.55. The maximum absolute atomic E-state index is 13.4. The van der Waals surface area contributed by atoms with Gasteiger partial charge in [0.15, 0.2) is 0 Å². The van der Waals surface area contributed by atoms with Crippen LogP contribution < -0.4 is 15.0 Å². The zero-order valence-electron chi connectivity index (χ0n) is 15.3. The average molecular weight is 433 g/mol. The Morgan fingerprint density at radius 2 is 1.78 bits per heavy atom. The van der Waals surface area contributed by atoms with Gasteiger partial charge >= 0.3 is 6.61 Å². The standard InChI is InChI=1S/C18H24F4N2O.2ClH/c1-18(2)10-24(14-6-4-3-5-13(14)23-18)11-7-8-15(25-17(21)22)12(9-11)16(19)20;;/h7-9,13-14,16-17,23H,3-6,10H2,1-2H3;2*1H/t13-,14-;;/m0../s1. The van der Waals surface area contributed by atoms with Gasteiger partial charge in [0.05, 0.1) is 5.56 Å². The first-order valence-electron chi connectivity index (χ1n) is 8.68. The van der Waals surface area contributed by atoms with E-state index in [0.717, 1.165) is 25.7 Å². The molecular formula is C18H26Cl2F4N2O. The molecule has 3 nitrogen and oxygen atoms in total. The first kappa shape index (κ1) is 24.1. The van der Waals surface area contributed by atoms with Crippen LogP contribution in [0.5, 0.6) is 5.75 Å². The lowest BCUT2D eigenvalue weighted by Gasteiger charge is -2.52. The second-order valence-electron chi connectivity index (χ2n) is 7.52. The zero-order chi connectivity index (χ0) is 18.2. The highest BCUT2D eigenvalue weighted by Crippen LogP contribution is 2.38. The van der Waals surface area contributed by atoms with Crippen LogP contribution in [0.15, 0.2) is 18.2 Å². The third-order valence-electron chi connectivity index (χ3n) is 5.05. The highest BCUT2D eigenvalue weighted by Gasteiger charge is 2.40. The molecule has 0 aromatic heterocycles. The Hall–Kier alpha value is -0.920. The summed E-state index contributed by atoms with van der Waals surface area (Å²) in [7, 11) is 0. The van der Waals surface area contributed by atoms with Crippen LogP contribution >= 0.6 is 24.8 Å². The van der Waals surface area contributed by atoms with Gasteiger partial charge in [-0.15, -0.1) is 24.8 Å². The molecule has 2 aliphatic rings. The molecule has 0 radical (unpaired) electrons. The van der Waals surface area contributed by atoms with E-state index in [1.54, 1.807) is 6.07 Å². The van der Waals surface area contributed by atoms with Crippen LogP contribution in [0.25, 0.3) is 0 Å². The lowest BCUT2D eigenvalue weighted by atomic mass is 9.83. The fourth-order valence-electron chi connectivity index (χ4n) is 4.11. The average Bonchev–Trinajstić information content (AvgIpc) is 2.53. The maximum atomic E-state index is 13.4. The molecule has 0 unspecified atom stereocenters. The predicted octanol–water partition coefficient (Wildman–Crippen LogP) is 5.57. The van der Waals surface area contributed by atoms with Crippen molar-refractivity contribution in [2.45, 2.75) is 70.2 Å². The van der Waals surface area contributed by atoms with Gasteiger partial charge in [-0.1, -0.05) is 12.8 Å². The Kier molecular flexibility index (Phi) is 8.51. The number of hydrogen-bond acceptors (Lipinski definition) is 3. The molecule has 1 aromatic carbocycles. The topological polar surface area (TPSA) is 24.5 Å². The van der Waals surface area contributed by atoms with Gasteiger partial charge in [-0.05, 0) is 44.9 Å². The Balaban J connectivity index is 0.00000182. The summed E-state index contributed by atoms with van der Waals surface area (Å²) < 4.78 is 55.9. The molecule has 1 N–H and O–H groups in total. The summed E-state index contributed by atoms with van der Waals surface area (Å²) in [6.45, 7) is 1.73. The molecule has 1 heterocycles. The maximum Gasteiger partial charge on any atom is 0.387 e. The molecule has 1 aliphatic carbocycles. The van der Waals surface area contributed by atoms with E-state index < -0.39 is 24.3 Å². The molecule has 0 spiro atoms. The van der Waals surface area contributed by atoms with Crippen molar-refractivity contribution in [1.82, 2.24) is 5.32 Å². The number of nitrogens with one attached hydrogen (secondary N) is 1. The first-order chi connectivity index (χ1) is 11.8. The van der Waals surface area contributed by atoms with E-state index in [1.807, 2.05) is 0 Å². The molecule has 0 amide bonds. The molecule has 156 valence electrons. The molecule has 9 heteroatoms. The number of ether oxygens (including phenoxy) is 1. The van der Waals surface area contributed by atoms with E-state index in [0.29, 0.717) is 18.3 Å². The van der Waals surface area contributed by atoms with Crippen LogP contribution in [-0.2, 0) is 0 Å². The Morgan fingerprint density at radius 3 is 2.41 bits per heavy atom. The van der Waals surface area contributed by atoms with Crippen LogP contribution in [0.2, 0.25) is 0 Å². The second-order valence-corrected chi connectivity index (χ2v) is 7.52. The highest BCUT2D eigenvalue weighted by molar-refractivity contribution is 5.85. The fraction of sp³-hybridized carbons (Fsp3) is 0.667. The van der Waals surface area contributed by atoms with Gasteiger partial charge in [0, 0.05) is 29.9 Å². The number of fused-ring (bicyclic) bond motifs is 1. The SMILES string of the molecule is CC1(C)CN(c2ccc(OC(F)F)c(C(F)F)c2)[C@H]2CCCC[C@@H]2N1.Cl.Cl. The minimum absolute atomic E-state index is 0. The molecule has 0 bridgehead atoms. The normalized spacial score (nSPS) is 24.1. The summed E-state index contributed by atoms with van der Waals surface area (Å²) in [5.41, 5.74) is 0.00616. The number of halogens is 6. The minimum atomic E-state index is -3.12. The molecule has 1 saturated carbocycles. The van der Waals surface area contributed by atoms with Crippen molar-refractivity contribution in [3.05, 3.63) is 23.8 Å². The summed E-state index contributed by atoms with van der Waals surface area (Å²) in [6.07, 6.45) is 1.44. The summed E-state index contributed by atoms with van der Waals surface area (Å²) in [5.74, 6) is -0.455. The predicted molar refractivity (Wildman–Crippen MR) is 103 cm³/mol. The van der Waals surface area contributed by atoms with Crippen molar-refractivity contribution in [3.63, 3.8) is 0 Å². The fourth-order valence-corrected chi connectivity index (χ4v) is 4.11. The van der Waals surface area contributed by atoms with E-state index in [1.165, 1.54) is 12.1 Å². The van der Waals surface area contributed by atoms with E-state index in [-0.39, 0.29) is 36.4 Å². The number of anilines is 1. The minimum Gasteiger partial charge on any atom is -0.434 e. The van der Waals surface area contributed by atoms with Gasteiger partial charge in [-0.3, -0.25) is 0 Å². The number of rotatable bonds is 4. The number of alkyl halides is 4. The summed E-state index contributed by atoms with van der Waals surface area (Å²) in [5, 5.41) is 3.66. The zero-order valence-corrected chi connectivity index (χ0v) is 16.9. The van der Waals surface area contributed by atoms with Gasteiger partial charge in [-0.25, -0.2) is 8.78 Å². The monoisotopic (exact) mass is 432 g/mol. The molecular weight excluding hydrogens is 407 g/mol. The van der Waals surface area contributed by atoms with Crippen LogP contribution in [0, 0.1) is 0 Å². The van der Waals surface area contributed by atoms with Gasteiger partial charge in [-0.2, -0.15) is 8.78 Å². The molecule has 2 atom stereocenters. The van der Waals surface area contributed by atoms with Gasteiger partial charge in [0.2, 0.25) is 0 Å². The molecule has 2 fully saturated rings. The summed E-state index contributed by atoms with van der Waals surface area (Å²) in [6, 6.07) is 4.68. The lowest BCUT2D eigenvalue weighted by molar-refractivity contribution is -0.0519. The van der Waals surface area contributed by atoms with E-state index in [9.17, 15) is 17.6 Å². The van der Waals surface area contributed by atoms with Crippen LogP contribution in [0.1, 0.15) is 51.5 Å². The number of hydrogen-bond donors (Lipinski definition) is 1. The molecule has 27 heavy (non-hydrogen) atoms. The Bertz CT molecular complexity index is 619. The molecule has 1 aliphatic heterocycles. The van der Waals surface area contributed by atoms with Crippen molar-refractivity contribution in [3.8, 4) is 5.75 Å². The quantitative estimate of drug-likeness (QED) is 0.629. The highest BCUT2D eigenvalue weighted by atomic mass is 35.5. The van der Waals surface area contributed by atoms with E-state index in [2.05, 4.69) is 28.8 Å². The van der Waals surface area contributed by atoms with Crippen LogP contribution in [0.4, 0.5) is 23.2 Å². The van der Waals surface area contributed by atoms with Crippen molar-refractivity contribution in [2.75, 3.05) is 11.4 Å². The van der Waals surface area contributed by atoms with E-state index >= 15 is 0 Å². The molecule has 1 saturated heterocycles. The molecule has 1 aromatic rings. The largest absolute Gasteiger partial charge is 0.434 e. The van der Waals surface area contributed by atoms with Gasteiger partial charge in [0.25, 0.3) is 6.43 Å². The number of benzene rings is 1. The van der Waals surface area contributed by atoms with Crippen molar-refractivity contribution in [1.29, 1.82) is 0 Å². The van der Waals surface area contributed by atoms with Crippen molar-refractivity contribution >= 4 is 30.5 Å².